The molecule has 0 fully saturated rings. The zero-order valence-electron chi connectivity index (χ0n) is 11.9. The summed E-state index contributed by atoms with van der Waals surface area (Å²) >= 11 is 0. The van der Waals surface area contributed by atoms with E-state index in [0.717, 1.165) is 13.0 Å². The number of nitro benzene ring substituents is 1. The van der Waals surface area contributed by atoms with Gasteiger partial charge in [-0.2, -0.15) is 4.98 Å². The van der Waals surface area contributed by atoms with Gasteiger partial charge in [-0.1, -0.05) is 6.92 Å². The number of anilines is 1. The number of non-ortho nitro benzene ring substituents is 1. The van der Waals surface area contributed by atoms with Crippen LogP contribution in [0, 0.1) is 17.0 Å². The van der Waals surface area contributed by atoms with Gasteiger partial charge in [0.15, 0.2) is 0 Å². The monoisotopic (exact) mass is 288 g/mol. The molecule has 7 heteroatoms. The standard InChI is InChI=1S/C14H16N4O3/c1-3-8-15-13-9-14(17-10(2)16-13)21-12-6-4-11(5-7-12)18(19)20/h4-7,9H,3,8H2,1-2H3,(H,15,16,17). The fourth-order valence-electron chi connectivity index (χ4n) is 1.69. The molecular weight excluding hydrogens is 272 g/mol. The van der Waals surface area contributed by atoms with Gasteiger partial charge in [0.05, 0.1) is 4.92 Å². The molecule has 0 aliphatic carbocycles. The summed E-state index contributed by atoms with van der Waals surface area (Å²) < 4.78 is 5.60. The molecule has 0 radical (unpaired) electrons. The van der Waals surface area contributed by atoms with Crippen LogP contribution in [0.5, 0.6) is 11.6 Å². The van der Waals surface area contributed by atoms with E-state index >= 15 is 0 Å². The molecule has 1 aromatic heterocycles. The molecule has 2 rings (SSSR count). The van der Waals surface area contributed by atoms with Crippen molar-refractivity contribution in [1.29, 1.82) is 0 Å². The average molecular weight is 288 g/mol. The number of ether oxygens (including phenoxy) is 1. The van der Waals surface area contributed by atoms with Crippen molar-refractivity contribution in [2.24, 2.45) is 0 Å². The highest BCUT2D eigenvalue weighted by atomic mass is 16.6. The van der Waals surface area contributed by atoms with E-state index < -0.39 is 4.92 Å². The number of hydrogen-bond donors (Lipinski definition) is 1. The van der Waals surface area contributed by atoms with E-state index in [2.05, 4.69) is 22.2 Å². The van der Waals surface area contributed by atoms with E-state index in [-0.39, 0.29) is 5.69 Å². The summed E-state index contributed by atoms with van der Waals surface area (Å²) in [5.74, 6) is 2.17. The Hall–Kier alpha value is -2.70. The van der Waals surface area contributed by atoms with Crippen LogP contribution in [-0.2, 0) is 0 Å². The van der Waals surface area contributed by atoms with Crippen LogP contribution in [0.2, 0.25) is 0 Å². The normalized spacial score (nSPS) is 10.2. The van der Waals surface area contributed by atoms with E-state index in [1.54, 1.807) is 13.0 Å². The maximum Gasteiger partial charge on any atom is 0.269 e. The van der Waals surface area contributed by atoms with Gasteiger partial charge in [0.2, 0.25) is 5.88 Å². The Morgan fingerprint density at radius 1 is 1.29 bits per heavy atom. The topological polar surface area (TPSA) is 90.2 Å². The number of aromatic nitrogens is 2. The third-order valence-electron chi connectivity index (χ3n) is 2.64. The summed E-state index contributed by atoms with van der Waals surface area (Å²) in [5.41, 5.74) is 0.0199. The van der Waals surface area contributed by atoms with Crippen LogP contribution >= 0.6 is 0 Å². The number of nitrogens with one attached hydrogen (secondary N) is 1. The smallest absolute Gasteiger partial charge is 0.269 e. The lowest BCUT2D eigenvalue weighted by molar-refractivity contribution is -0.384. The van der Waals surface area contributed by atoms with Crippen LogP contribution in [0.4, 0.5) is 11.5 Å². The lowest BCUT2D eigenvalue weighted by atomic mass is 10.3. The zero-order chi connectivity index (χ0) is 15.2. The van der Waals surface area contributed by atoms with Crippen LogP contribution in [0.25, 0.3) is 0 Å². The van der Waals surface area contributed by atoms with Gasteiger partial charge in [-0.3, -0.25) is 10.1 Å². The number of benzene rings is 1. The third-order valence-corrected chi connectivity index (χ3v) is 2.64. The maximum atomic E-state index is 10.6. The van der Waals surface area contributed by atoms with Crippen LogP contribution in [-0.4, -0.2) is 21.4 Å². The minimum absolute atomic E-state index is 0.0199. The lowest BCUT2D eigenvalue weighted by Crippen LogP contribution is -2.04. The maximum absolute atomic E-state index is 10.6. The molecule has 1 heterocycles. The summed E-state index contributed by atoms with van der Waals surface area (Å²) in [6.07, 6.45) is 0.988. The van der Waals surface area contributed by atoms with Crippen molar-refractivity contribution in [3.8, 4) is 11.6 Å². The zero-order valence-corrected chi connectivity index (χ0v) is 11.9. The molecule has 0 spiro atoms. The molecule has 0 aliphatic heterocycles. The first-order valence-electron chi connectivity index (χ1n) is 6.60. The second-order valence-corrected chi connectivity index (χ2v) is 4.42. The molecule has 0 amide bonds. The second-order valence-electron chi connectivity index (χ2n) is 4.42. The molecule has 1 N–H and O–H groups in total. The Kier molecular flexibility index (Phi) is 4.65. The summed E-state index contributed by atoms with van der Waals surface area (Å²) in [6.45, 7) is 4.66. The molecule has 2 aromatic rings. The van der Waals surface area contributed by atoms with E-state index in [9.17, 15) is 10.1 Å². The predicted molar refractivity (Wildman–Crippen MR) is 78.7 cm³/mol. The van der Waals surface area contributed by atoms with E-state index in [4.69, 9.17) is 4.74 Å². The molecule has 7 nitrogen and oxygen atoms in total. The average Bonchev–Trinajstić information content (AvgIpc) is 2.45. The first-order chi connectivity index (χ1) is 10.1. The molecule has 0 aliphatic rings. The van der Waals surface area contributed by atoms with Gasteiger partial charge < -0.3 is 10.1 Å². The van der Waals surface area contributed by atoms with Crippen molar-refractivity contribution < 1.29 is 9.66 Å². The van der Waals surface area contributed by atoms with Crippen molar-refractivity contribution in [3.63, 3.8) is 0 Å². The first-order valence-corrected chi connectivity index (χ1v) is 6.60. The molecule has 1 aromatic carbocycles. The first kappa shape index (κ1) is 14.7. The molecule has 21 heavy (non-hydrogen) atoms. The van der Waals surface area contributed by atoms with Crippen LogP contribution in [0.3, 0.4) is 0 Å². The van der Waals surface area contributed by atoms with Crippen LogP contribution in [0.1, 0.15) is 19.2 Å². The molecular formula is C14H16N4O3. The van der Waals surface area contributed by atoms with E-state index in [1.807, 2.05) is 0 Å². The van der Waals surface area contributed by atoms with Gasteiger partial charge in [-0.25, -0.2) is 4.98 Å². The van der Waals surface area contributed by atoms with Gasteiger partial charge in [0.25, 0.3) is 5.69 Å². The van der Waals surface area contributed by atoms with Gasteiger partial charge >= 0.3 is 0 Å². The van der Waals surface area contributed by atoms with Crippen molar-refractivity contribution >= 4 is 11.5 Å². The Labute approximate surface area is 122 Å². The van der Waals surface area contributed by atoms with E-state index in [1.165, 1.54) is 24.3 Å². The minimum atomic E-state index is -0.453. The van der Waals surface area contributed by atoms with Gasteiger partial charge in [0, 0.05) is 24.7 Å². The fourth-order valence-corrected chi connectivity index (χ4v) is 1.69. The number of hydrogen-bond acceptors (Lipinski definition) is 6. The summed E-state index contributed by atoms with van der Waals surface area (Å²) in [6, 6.07) is 7.55. The van der Waals surface area contributed by atoms with Crippen molar-refractivity contribution in [2.75, 3.05) is 11.9 Å². The van der Waals surface area contributed by atoms with E-state index in [0.29, 0.717) is 23.3 Å². The Bertz CT molecular complexity index is 629. The third kappa shape index (κ3) is 4.13. The molecule has 0 saturated carbocycles. The van der Waals surface area contributed by atoms with Crippen LogP contribution in [0.15, 0.2) is 30.3 Å². The Morgan fingerprint density at radius 2 is 2.00 bits per heavy atom. The molecule has 0 unspecified atom stereocenters. The molecule has 0 saturated heterocycles. The quantitative estimate of drug-likeness (QED) is 0.647. The minimum Gasteiger partial charge on any atom is -0.439 e. The van der Waals surface area contributed by atoms with Crippen LogP contribution < -0.4 is 10.1 Å². The summed E-state index contributed by atoms with van der Waals surface area (Å²) in [5, 5.41) is 13.8. The largest absolute Gasteiger partial charge is 0.439 e. The highest BCUT2D eigenvalue weighted by Crippen LogP contribution is 2.23. The number of nitro groups is 1. The predicted octanol–water partition coefficient (Wildman–Crippen LogP) is 3.31. The SMILES string of the molecule is CCCNc1cc(Oc2ccc([N+](=O)[O-])cc2)nc(C)n1. The summed E-state index contributed by atoms with van der Waals surface area (Å²) in [7, 11) is 0. The fraction of sp³-hybridized carbons (Fsp3) is 0.286. The Morgan fingerprint density at radius 3 is 2.62 bits per heavy atom. The lowest BCUT2D eigenvalue weighted by Gasteiger charge is -2.08. The van der Waals surface area contributed by atoms with Gasteiger partial charge in [0.1, 0.15) is 17.4 Å². The Balaban J connectivity index is 2.14. The molecule has 110 valence electrons. The van der Waals surface area contributed by atoms with Crippen molar-refractivity contribution in [2.45, 2.75) is 20.3 Å². The van der Waals surface area contributed by atoms with Gasteiger partial charge in [-0.05, 0) is 25.5 Å². The summed E-state index contributed by atoms with van der Waals surface area (Å²) in [4.78, 5) is 18.6. The van der Waals surface area contributed by atoms with Crippen molar-refractivity contribution in [1.82, 2.24) is 9.97 Å². The highest BCUT2D eigenvalue weighted by Gasteiger charge is 2.07. The molecule has 0 atom stereocenters. The van der Waals surface area contributed by atoms with Crippen molar-refractivity contribution in [3.05, 3.63) is 46.3 Å². The van der Waals surface area contributed by atoms with Gasteiger partial charge in [-0.15, -0.1) is 0 Å². The second kappa shape index (κ2) is 6.65. The molecule has 0 bridgehead atoms. The number of nitrogens with zero attached hydrogens (tertiary/aromatic N) is 3. The number of aryl methyl sites for hydroxylation is 1. The highest BCUT2D eigenvalue weighted by molar-refractivity contribution is 5.41. The number of rotatable bonds is 6.